The van der Waals surface area contributed by atoms with E-state index >= 15 is 0 Å². The molecule has 0 unspecified atom stereocenters. The molecule has 0 amide bonds. The lowest BCUT2D eigenvalue weighted by atomic mass is 10.1. The van der Waals surface area contributed by atoms with E-state index in [2.05, 4.69) is 41.1 Å². The van der Waals surface area contributed by atoms with Crippen molar-refractivity contribution in [2.75, 3.05) is 17.7 Å². The van der Waals surface area contributed by atoms with Crippen molar-refractivity contribution < 1.29 is 0 Å². The van der Waals surface area contributed by atoms with Crippen LogP contribution in [0.5, 0.6) is 0 Å². The fourth-order valence-corrected chi connectivity index (χ4v) is 1.96. The first kappa shape index (κ1) is 12.4. The van der Waals surface area contributed by atoms with Gasteiger partial charge in [0.25, 0.3) is 0 Å². The van der Waals surface area contributed by atoms with E-state index in [0.29, 0.717) is 5.69 Å². The Bertz CT molecular complexity index is 505. The molecule has 0 aliphatic rings. The van der Waals surface area contributed by atoms with Gasteiger partial charge in [-0.15, -0.1) is 0 Å². The monoisotopic (exact) mass is 241 g/mol. The van der Waals surface area contributed by atoms with Crippen LogP contribution in [-0.2, 0) is 13.0 Å². The van der Waals surface area contributed by atoms with Crippen molar-refractivity contribution in [1.82, 2.24) is 4.98 Å². The second-order valence-corrected chi connectivity index (χ2v) is 4.44. The van der Waals surface area contributed by atoms with E-state index in [9.17, 15) is 0 Å². The van der Waals surface area contributed by atoms with Crippen LogP contribution in [0.15, 0.2) is 42.6 Å². The normalized spacial score (nSPS) is 10.3. The van der Waals surface area contributed by atoms with Gasteiger partial charge in [-0.25, -0.2) is 4.98 Å². The van der Waals surface area contributed by atoms with Crippen molar-refractivity contribution in [2.45, 2.75) is 19.9 Å². The molecule has 0 saturated carbocycles. The number of benzene rings is 1. The number of rotatable bonds is 4. The smallest absolute Gasteiger partial charge is 0.151 e. The molecular formula is C15H19N3. The van der Waals surface area contributed by atoms with Crippen LogP contribution in [-0.4, -0.2) is 12.0 Å². The first-order chi connectivity index (χ1) is 8.70. The summed E-state index contributed by atoms with van der Waals surface area (Å²) in [5.74, 6) is 0.831. The van der Waals surface area contributed by atoms with Gasteiger partial charge in [0.1, 0.15) is 0 Å². The van der Waals surface area contributed by atoms with Crippen molar-refractivity contribution in [1.29, 1.82) is 0 Å². The molecule has 0 fully saturated rings. The summed E-state index contributed by atoms with van der Waals surface area (Å²) in [4.78, 5) is 6.37. The van der Waals surface area contributed by atoms with Gasteiger partial charge in [0.05, 0.1) is 5.69 Å². The van der Waals surface area contributed by atoms with Crippen LogP contribution in [0.3, 0.4) is 0 Å². The second kappa shape index (κ2) is 5.54. The molecule has 2 rings (SSSR count). The number of hydrogen-bond acceptors (Lipinski definition) is 3. The molecule has 2 N–H and O–H groups in total. The molecule has 3 heteroatoms. The van der Waals surface area contributed by atoms with Gasteiger partial charge in [0.15, 0.2) is 5.82 Å². The molecule has 2 aromatic rings. The summed E-state index contributed by atoms with van der Waals surface area (Å²) < 4.78 is 0. The Morgan fingerprint density at radius 2 is 1.78 bits per heavy atom. The lowest BCUT2D eigenvalue weighted by molar-refractivity contribution is 0.899. The van der Waals surface area contributed by atoms with Crippen LogP contribution in [0.25, 0.3) is 0 Å². The van der Waals surface area contributed by atoms with E-state index in [0.717, 1.165) is 18.8 Å². The summed E-state index contributed by atoms with van der Waals surface area (Å²) in [6.45, 7) is 2.97. The fourth-order valence-electron chi connectivity index (χ4n) is 1.96. The maximum Gasteiger partial charge on any atom is 0.151 e. The quantitative estimate of drug-likeness (QED) is 0.895. The zero-order valence-corrected chi connectivity index (χ0v) is 10.9. The van der Waals surface area contributed by atoms with Crippen LogP contribution < -0.4 is 10.6 Å². The minimum absolute atomic E-state index is 0.713. The number of anilines is 2. The predicted octanol–water partition coefficient (Wildman–Crippen LogP) is 2.86. The Labute approximate surface area is 108 Å². The van der Waals surface area contributed by atoms with Crippen LogP contribution >= 0.6 is 0 Å². The Balaban J connectivity index is 2.11. The highest BCUT2D eigenvalue weighted by Crippen LogP contribution is 2.19. The summed E-state index contributed by atoms with van der Waals surface area (Å²) in [5, 5.41) is 0. The fraction of sp³-hybridized carbons (Fsp3) is 0.267. The number of nitrogens with two attached hydrogens (primary N) is 1. The molecule has 1 heterocycles. The molecule has 94 valence electrons. The van der Waals surface area contributed by atoms with Crippen LogP contribution in [0.2, 0.25) is 0 Å². The second-order valence-electron chi connectivity index (χ2n) is 4.44. The highest BCUT2D eigenvalue weighted by molar-refractivity contribution is 5.61. The largest absolute Gasteiger partial charge is 0.396 e. The number of nitrogen functional groups attached to an aromatic ring is 1. The number of aryl methyl sites for hydroxylation is 1. The number of pyridine rings is 1. The Hall–Kier alpha value is -2.03. The van der Waals surface area contributed by atoms with Gasteiger partial charge in [0.2, 0.25) is 0 Å². The average molecular weight is 241 g/mol. The Kier molecular flexibility index (Phi) is 3.82. The minimum atomic E-state index is 0.713. The summed E-state index contributed by atoms with van der Waals surface area (Å²) in [5.41, 5.74) is 9.25. The Morgan fingerprint density at radius 1 is 1.11 bits per heavy atom. The van der Waals surface area contributed by atoms with E-state index in [1.807, 2.05) is 19.2 Å². The molecule has 1 aromatic heterocycles. The van der Waals surface area contributed by atoms with Crippen LogP contribution in [0, 0.1) is 0 Å². The molecule has 0 atom stereocenters. The summed E-state index contributed by atoms with van der Waals surface area (Å²) in [7, 11) is 2.01. The summed E-state index contributed by atoms with van der Waals surface area (Å²) in [6.07, 6.45) is 2.84. The van der Waals surface area contributed by atoms with Crippen LogP contribution in [0.4, 0.5) is 11.5 Å². The van der Waals surface area contributed by atoms with Gasteiger partial charge < -0.3 is 10.6 Å². The third-order valence-electron chi connectivity index (χ3n) is 3.03. The van der Waals surface area contributed by atoms with E-state index < -0.39 is 0 Å². The first-order valence-corrected chi connectivity index (χ1v) is 6.20. The van der Waals surface area contributed by atoms with Gasteiger partial charge in [-0.05, 0) is 29.7 Å². The van der Waals surface area contributed by atoms with E-state index in [4.69, 9.17) is 5.73 Å². The third-order valence-corrected chi connectivity index (χ3v) is 3.03. The van der Waals surface area contributed by atoms with Crippen molar-refractivity contribution >= 4 is 11.5 Å². The molecule has 0 radical (unpaired) electrons. The highest BCUT2D eigenvalue weighted by atomic mass is 15.2. The number of aromatic nitrogens is 1. The SMILES string of the molecule is CCc1ccc(CN(C)c2ncccc2N)cc1. The van der Waals surface area contributed by atoms with E-state index in [-0.39, 0.29) is 0 Å². The van der Waals surface area contributed by atoms with Gasteiger partial charge in [-0.2, -0.15) is 0 Å². The first-order valence-electron chi connectivity index (χ1n) is 6.20. The van der Waals surface area contributed by atoms with Crippen molar-refractivity contribution in [2.24, 2.45) is 0 Å². The summed E-state index contributed by atoms with van der Waals surface area (Å²) >= 11 is 0. The van der Waals surface area contributed by atoms with Crippen molar-refractivity contribution in [3.8, 4) is 0 Å². The predicted molar refractivity (Wildman–Crippen MR) is 76.6 cm³/mol. The Morgan fingerprint density at radius 3 is 2.39 bits per heavy atom. The minimum Gasteiger partial charge on any atom is -0.396 e. The van der Waals surface area contributed by atoms with Crippen LogP contribution in [0.1, 0.15) is 18.1 Å². The molecule has 0 aliphatic heterocycles. The molecule has 0 aliphatic carbocycles. The lowest BCUT2D eigenvalue weighted by Crippen LogP contribution is -2.19. The van der Waals surface area contributed by atoms with Gasteiger partial charge in [-0.1, -0.05) is 31.2 Å². The molecule has 18 heavy (non-hydrogen) atoms. The average Bonchev–Trinajstić information content (AvgIpc) is 2.40. The number of hydrogen-bond donors (Lipinski definition) is 1. The molecule has 0 saturated heterocycles. The topological polar surface area (TPSA) is 42.2 Å². The molecule has 3 nitrogen and oxygen atoms in total. The van der Waals surface area contributed by atoms with Crippen molar-refractivity contribution in [3.05, 3.63) is 53.7 Å². The zero-order chi connectivity index (χ0) is 13.0. The van der Waals surface area contributed by atoms with E-state index in [1.165, 1.54) is 11.1 Å². The van der Waals surface area contributed by atoms with Gasteiger partial charge in [-0.3, -0.25) is 0 Å². The number of nitrogens with zero attached hydrogens (tertiary/aromatic N) is 2. The zero-order valence-electron chi connectivity index (χ0n) is 10.9. The standard InChI is InChI=1S/C15H19N3/c1-3-12-6-8-13(9-7-12)11-18(2)15-14(16)5-4-10-17-15/h4-10H,3,11,16H2,1-2H3. The summed E-state index contributed by atoms with van der Waals surface area (Å²) in [6, 6.07) is 12.4. The lowest BCUT2D eigenvalue weighted by Gasteiger charge is -2.19. The third kappa shape index (κ3) is 2.80. The van der Waals surface area contributed by atoms with E-state index in [1.54, 1.807) is 6.20 Å². The molecular weight excluding hydrogens is 222 g/mol. The van der Waals surface area contributed by atoms with Crippen molar-refractivity contribution in [3.63, 3.8) is 0 Å². The highest BCUT2D eigenvalue weighted by Gasteiger charge is 2.06. The molecule has 1 aromatic carbocycles. The van der Waals surface area contributed by atoms with Gasteiger partial charge >= 0.3 is 0 Å². The molecule has 0 spiro atoms. The maximum atomic E-state index is 5.92. The van der Waals surface area contributed by atoms with Gasteiger partial charge in [0, 0.05) is 19.8 Å². The maximum absolute atomic E-state index is 5.92. The molecule has 0 bridgehead atoms.